The van der Waals surface area contributed by atoms with Crippen molar-refractivity contribution in [3.8, 4) is 11.3 Å². The Morgan fingerprint density at radius 2 is 1.91 bits per heavy atom. The van der Waals surface area contributed by atoms with Crippen LogP contribution < -0.4 is 10.6 Å². The number of aryl methyl sites for hydroxylation is 1. The monoisotopic (exact) mass is 481 g/mol. The molecule has 2 aliphatic rings. The van der Waals surface area contributed by atoms with Crippen LogP contribution in [-0.2, 0) is 4.74 Å². The minimum Gasteiger partial charge on any atom is -0.365 e. The lowest BCUT2D eigenvalue weighted by molar-refractivity contribution is 0.0273. The minimum absolute atomic E-state index is 0.00773. The van der Waals surface area contributed by atoms with Crippen molar-refractivity contribution in [3.63, 3.8) is 0 Å². The Hall–Kier alpha value is -3.24. The molecule has 0 saturated carbocycles. The van der Waals surface area contributed by atoms with Gasteiger partial charge in [-0.3, -0.25) is 4.99 Å². The number of ether oxygens (including phenoxy) is 1. The molecule has 0 radical (unpaired) electrons. The summed E-state index contributed by atoms with van der Waals surface area (Å²) in [6.45, 7) is 7.73. The Balaban J connectivity index is 1.35. The fourth-order valence-electron chi connectivity index (χ4n) is 4.64. The average Bonchev–Trinajstić information content (AvgIpc) is 3.19. The smallest absolute Gasteiger partial charge is 0.225 e. The van der Waals surface area contributed by atoms with E-state index in [9.17, 15) is 8.78 Å². The van der Waals surface area contributed by atoms with Crippen LogP contribution in [0.25, 0.3) is 22.3 Å². The molecule has 184 valence electrons. The first-order valence-corrected chi connectivity index (χ1v) is 11.9. The van der Waals surface area contributed by atoms with E-state index in [-0.39, 0.29) is 35.4 Å². The van der Waals surface area contributed by atoms with Crippen molar-refractivity contribution in [2.75, 3.05) is 18.4 Å². The second-order valence-corrected chi connectivity index (χ2v) is 9.16. The average molecular weight is 482 g/mol. The number of piperidine rings is 1. The number of imidazole rings is 1. The fourth-order valence-corrected chi connectivity index (χ4v) is 4.64. The summed E-state index contributed by atoms with van der Waals surface area (Å²) in [4.78, 5) is 17.2. The molecule has 1 aromatic carbocycles. The van der Waals surface area contributed by atoms with Gasteiger partial charge in [0.2, 0.25) is 5.95 Å². The van der Waals surface area contributed by atoms with Crippen LogP contribution in [0.4, 0.5) is 14.7 Å². The van der Waals surface area contributed by atoms with Crippen molar-refractivity contribution in [2.24, 2.45) is 4.99 Å². The maximum Gasteiger partial charge on any atom is 0.225 e. The van der Waals surface area contributed by atoms with E-state index in [4.69, 9.17) is 4.74 Å². The molecule has 35 heavy (non-hydrogen) atoms. The van der Waals surface area contributed by atoms with Crippen LogP contribution in [0.15, 0.2) is 35.5 Å². The number of benzene rings is 1. The van der Waals surface area contributed by atoms with Gasteiger partial charge in [0.1, 0.15) is 29.3 Å². The van der Waals surface area contributed by atoms with Crippen molar-refractivity contribution >= 4 is 23.2 Å². The molecule has 5 rings (SSSR count). The maximum absolute atomic E-state index is 14.9. The van der Waals surface area contributed by atoms with Crippen LogP contribution in [-0.4, -0.2) is 57.2 Å². The molecule has 8 nitrogen and oxygen atoms in total. The number of nitrogens with one attached hydrogen (secondary N) is 2. The topological polar surface area (TPSA) is 89.2 Å². The number of aromatic nitrogens is 4. The highest BCUT2D eigenvalue weighted by molar-refractivity contribution is 5.83. The summed E-state index contributed by atoms with van der Waals surface area (Å²) in [5.41, 5.74) is 1.18. The summed E-state index contributed by atoms with van der Waals surface area (Å²) >= 11 is 0. The summed E-state index contributed by atoms with van der Waals surface area (Å²) in [6, 6.07) is 3.05. The van der Waals surface area contributed by atoms with Gasteiger partial charge in [-0.15, -0.1) is 0 Å². The van der Waals surface area contributed by atoms with E-state index in [1.165, 1.54) is 6.07 Å². The number of hydrogen-bond donors (Lipinski definition) is 2. The highest BCUT2D eigenvalue weighted by Crippen LogP contribution is 2.30. The van der Waals surface area contributed by atoms with Gasteiger partial charge in [-0.25, -0.2) is 23.7 Å². The van der Waals surface area contributed by atoms with E-state index < -0.39 is 17.8 Å². The molecule has 0 aliphatic carbocycles. The molecular weight excluding hydrogens is 452 g/mol. The summed E-state index contributed by atoms with van der Waals surface area (Å²) in [5.74, 6) is -0.271. The molecule has 1 fully saturated rings. The third-order valence-corrected chi connectivity index (χ3v) is 6.25. The highest BCUT2D eigenvalue weighted by atomic mass is 19.1. The van der Waals surface area contributed by atoms with Crippen LogP contribution >= 0.6 is 0 Å². The van der Waals surface area contributed by atoms with Gasteiger partial charge < -0.3 is 19.9 Å². The number of dihydropyridines is 1. The van der Waals surface area contributed by atoms with Crippen LogP contribution in [0.2, 0.25) is 0 Å². The lowest BCUT2D eigenvalue weighted by Crippen LogP contribution is -2.35. The van der Waals surface area contributed by atoms with E-state index >= 15 is 0 Å². The molecule has 2 aromatic heterocycles. The molecular formula is C25H29F2N7O. The van der Waals surface area contributed by atoms with E-state index in [1.54, 1.807) is 12.3 Å². The van der Waals surface area contributed by atoms with Crippen molar-refractivity contribution in [1.82, 2.24) is 24.8 Å². The number of nitrogens with zero attached hydrogens (tertiary/aromatic N) is 5. The zero-order chi connectivity index (χ0) is 24.5. The molecule has 0 amide bonds. The molecule has 3 aromatic rings. The molecule has 2 unspecified atom stereocenters. The van der Waals surface area contributed by atoms with E-state index in [1.807, 2.05) is 37.5 Å². The zero-order valence-corrected chi connectivity index (χ0v) is 20.0. The zero-order valence-electron chi connectivity index (χ0n) is 20.0. The first-order chi connectivity index (χ1) is 16.9. The molecule has 2 atom stereocenters. The number of rotatable bonds is 6. The molecule has 10 heteroatoms. The second-order valence-electron chi connectivity index (χ2n) is 9.16. The summed E-state index contributed by atoms with van der Waals surface area (Å²) in [5, 5.41) is 6.40. The lowest BCUT2D eigenvalue weighted by Gasteiger charge is -2.26. The Morgan fingerprint density at radius 1 is 1.11 bits per heavy atom. The first-order valence-electron chi connectivity index (χ1n) is 11.9. The van der Waals surface area contributed by atoms with Gasteiger partial charge in [0.25, 0.3) is 0 Å². The predicted molar refractivity (Wildman–Crippen MR) is 132 cm³/mol. The fraction of sp³-hybridized carbons (Fsp3) is 0.440. The number of halogens is 2. The van der Waals surface area contributed by atoms with Crippen LogP contribution in [0, 0.1) is 18.6 Å². The van der Waals surface area contributed by atoms with E-state index in [2.05, 4.69) is 30.6 Å². The Labute approximate surface area is 202 Å². The standard InChI is InChI=1S/C25H29F2N7O/c1-14(2)34-15(3)31-24-19(26)10-16(11-21(24)34)23-20(27)13-30-25(33-23)32-22-5-4-18(12-29-22)35-17-6-8-28-9-7-17/h4-5,10-14,17-18,22,28H,6-9H2,1-3H3,(H,30,32,33). The SMILES string of the molecule is Cc1nc2c(F)cc(-c3nc(NC4C=CC(OC5CCNCC5)C=N4)ncc3F)cc2n1C(C)C. The van der Waals surface area contributed by atoms with Crippen molar-refractivity contribution in [3.05, 3.63) is 47.9 Å². The predicted octanol–water partition coefficient (Wildman–Crippen LogP) is 4.18. The molecule has 4 heterocycles. The van der Waals surface area contributed by atoms with Gasteiger partial charge in [-0.2, -0.15) is 0 Å². The molecule has 1 saturated heterocycles. The van der Waals surface area contributed by atoms with E-state index in [0.29, 0.717) is 16.9 Å². The second kappa shape index (κ2) is 9.79. The number of anilines is 1. The largest absolute Gasteiger partial charge is 0.365 e. The van der Waals surface area contributed by atoms with E-state index in [0.717, 1.165) is 32.1 Å². The Kier molecular flexibility index (Phi) is 6.57. The highest BCUT2D eigenvalue weighted by Gasteiger charge is 2.21. The lowest BCUT2D eigenvalue weighted by atomic mass is 10.1. The van der Waals surface area contributed by atoms with Gasteiger partial charge in [-0.05, 0) is 64.9 Å². The van der Waals surface area contributed by atoms with Gasteiger partial charge in [-0.1, -0.05) is 6.08 Å². The molecule has 0 bridgehead atoms. The Bertz CT molecular complexity index is 1270. The summed E-state index contributed by atoms with van der Waals surface area (Å²) < 4.78 is 37.6. The number of aliphatic imine (C=N–C) groups is 1. The van der Waals surface area contributed by atoms with Crippen molar-refractivity contribution in [2.45, 2.75) is 58.0 Å². The normalized spacial score (nSPS) is 20.7. The van der Waals surface area contributed by atoms with Crippen molar-refractivity contribution in [1.29, 1.82) is 0 Å². The molecule has 2 aliphatic heterocycles. The van der Waals surface area contributed by atoms with Gasteiger partial charge in [0.15, 0.2) is 11.6 Å². The quantitative estimate of drug-likeness (QED) is 0.514. The minimum atomic E-state index is -0.639. The van der Waals surface area contributed by atoms with Gasteiger partial charge in [0.05, 0.1) is 17.8 Å². The van der Waals surface area contributed by atoms with Gasteiger partial charge in [0, 0.05) is 17.8 Å². The summed E-state index contributed by atoms with van der Waals surface area (Å²) in [6.07, 6.45) is 8.24. The molecule has 0 spiro atoms. The number of fused-ring (bicyclic) bond motifs is 1. The third kappa shape index (κ3) is 4.94. The number of hydrogen-bond acceptors (Lipinski definition) is 7. The van der Waals surface area contributed by atoms with Crippen LogP contribution in [0.5, 0.6) is 0 Å². The Morgan fingerprint density at radius 3 is 2.63 bits per heavy atom. The summed E-state index contributed by atoms with van der Waals surface area (Å²) in [7, 11) is 0. The van der Waals surface area contributed by atoms with Crippen molar-refractivity contribution < 1.29 is 13.5 Å². The van der Waals surface area contributed by atoms with Crippen LogP contribution in [0.3, 0.4) is 0 Å². The van der Waals surface area contributed by atoms with Crippen LogP contribution in [0.1, 0.15) is 38.6 Å². The molecule has 2 N–H and O–H groups in total. The maximum atomic E-state index is 14.9. The third-order valence-electron chi connectivity index (χ3n) is 6.25. The first kappa shape index (κ1) is 23.5. The van der Waals surface area contributed by atoms with Gasteiger partial charge >= 0.3 is 0 Å².